The number of nitrogens with zero attached hydrogens (tertiary/aromatic N) is 2. The van der Waals surface area contributed by atoms with Gasteiger partial charge < -0.3 is 10.2 Å². The largest absolute Gasteiger partial charge is 0.310 e. The Balaban J connectivity index is 1.79. The highest BCUT2D eigenvalue weighted by atomic mass is 15.2. The van der Waals surface area contributed by atoms with Crippen LogP contribution >= 0.6 is 0 Å². The number of rotatable bonds is 5. The van der Waals surface area contributed by atoms with Crippen molar-refractivity contribution in [2.45, 2.75) is 57.2 Å². The normalized spacial score (nSPS) is 27.7. The number of likely N-dealkylation sites (tertiary alicyclic amines) is 1. The quantitative estimate of drug-likeness (QED) is 0.785. The van der Waals surface area contributed by atoms with Gasteiger partial charge in [0.15, 0.2) is 0 Å². The molecule has 0 spiro atoms. The maximum absolute atomic E-state index is 3.78. The van der Waals surface area contributed by atoms with E-state index in [0.29, 0.717) is 0 Å². The smallest absolute Gasteiger partial charge is 0.0274 e. The monoisotopic (exact) mass is 239 g/mol. The van der Waals surface area contributed by atoms with Crippen LogP contribution in [-0.2, 0) is 0 Å². The van der Waals surface area contributed by atoms with Gasteiger partial charge in [-0.3, -0.25) is 4.90 Å². The van der Waals surface area contributed by atoms with E-state index >= 15 is 0 Å². The first-order valence-corrected chi connectivity index (χ1v) is 7.13. The van der Waals surface area contributed by atoms with Crippen LogP contribution in [-0.4, -0.2) is 61.2 Å². The van der Waals surface area contributed by atoms with Gasteiger partial charge in [0.25, 0.3) is 0 Å². The minimum absolute atomic E-state index is 0.279. The highest BCUT2D eigenvalue weighted by molar-refractivity contribution is 4.90. The summed E-state index contributed by atoms with van der Waals surface area (Å²) in [6.45, 7) is 8.38. The van der Waals surface area contributed by atoms with Crippen molar-refractivity contribution in [3.8, 4) is 0 Å². The molecule has 1 aliphatic carbocycles. The van der Waals surface area contributed by atoms with Gasteiger partial charge in [-0.15, -0.1) is 0 Å². The minimum atomic E-state index is 0.279. The van der Waals surface area contributed by atoms with Gasteiger partial charge in [0.05, 0.1) is 0 Å². The Kier molecular flexibility index (Phi) is 4.11. The lowest BCUT2D eigenvalue weighted by Crippen LogP contribution is -2.53. The Bertz CT molecular complexity index is 246. The van der Waals surface area contributed by atoms with E-state index in [1.165, 1.54) is 45.3 Å². The second-order valence-corrected chi connectivity index (χ2v) is 6.72. The highest BCUT2D eigenvalue weighted by Gasteiger charge is 2.30. The third-order valence-corrected chi connectivity index (χ3v) is 4.38. The summed E-state index contributed by atoms with van der Waals surface area (Å²) in [5.74, 6) is 0. The van der Waals surface area contributed by atoms with Crippen molar-refractivity contribution >= 4 is 0 Å². The molecule has 1 saturated heterocycles. The molecule has 0 aromatic carbocycles. The van der Waals surface area contributed by atoms with E-state index in [2.05, 4.69) is 43.1 Å². The summed E-state index contributed by atoms with van der Waals surface area (Å²) in [7, 11) is 4.37. The number of hydrogen-bond acceptors (Lipinski definition) is 3. The maximum atomic E-state index is 3.78. The topological polar surface area (TPSA) is 18.5 Å². The van der Waals surface area contributed by atoms with E-state index in [0.717, 1.165) is 12.1 Å². The highest BCUT2D eigenvalue weighted by Crippen LogP contribution is 2.23. The fourth-order valence-corrected chi connectivity index (χ4v) is 2.61. The van der Waals surface area contributed by atoms with Gasteiger partial charge in [0.1, 0.15) is 0 Å². The van der Waals surface area contributed by atoms with Crippen LogP contribution in [0.5, 0.6) is 0 Å². The van der Waals surface area contributed by atoms with E-state index < -0.39 is 0 Å². The van der Waals surface area contributed by atoms with Crippen molar-refractivity contribution in [1.82, 2.24) is 15.1 Å². The predicted octanol–water partition coefficient (Wildman–Crippen LogP) is 1.54. The Morgan fingerprint density at radius 3 is 2.47 bits per heavy atom. The molecule has 0 aromatic heterocycles. The summed E-state index contributed by atoms with van der Waals surface area (Å²) in [4.78, 5) is 4.98. The molecular formula is C14H29N3. The van der Waals surface area contributed by atoms with Gasteiger partial charge in [-0.25, -0.2) is 0 Å². The molecule has 1 heterocycles. The van der Waals surface area contributed by atoms with E-state index in [9.17, 15) is 0 Å². The van der Waals surface area contributed by atoms with Crippen molar-refractivity contribution in [1.29, 1.82) is 0 Å². The molecule has 0 bridgehead atoms. The van der Waals surface area contributed by atoms with Crippen molar-refractivity contribution in [2.24, 2.45) is 0 Å². The molecule has 1 unspecified atom stereocenters. The molecule has 0 radical (unpaired) electrons. The second kappa shape index (κ2) is 5.25. The molecule has 1 aliphatic heterocycles. The van der Waals surface area contributed by atoms with Crippen molar-refractivity contribution in [3.63, 3.8) is 0 Å². The summed E-state index contributed by atoms with van der Waals surface area (Å²) in [6, 6.07) is 1.59. The van der Waals surface area contributed by atoms with Gasteiger partial charge in [-0.05, 0) is 60.2 Å². The number of hydrogen-bond donors (Lipinski definition) is 1. The third-order valence-electron chi connectivity index (χ3n) is 4.38. The lowest BCUT2D eigenvalue weighted by atomic mass is 9.99. The first kappa shape index (κ1) is 13.3. The van der Waals surface area contributed by atoms with Crippen molar-refractivity contribution < 1.29 is 0 Å². The molecule has 3 nitrogen and oxygen atoms in total. The van der Waals surface area contributed by atoms with Gasteiger partial charge in [0, 0.05) is 30.7 Å². The first-order valence-electron chi connectivity index (χ1n) is 7.13. The minimum Gasteiger partial charge on any atom is -0.310 e. The SMILES string of the molecule is CN(C)C(C)(C)CN1CCCC(NC2CC2)C1. The van der Waals surface area contributed by atoms with Crippen LogP contribution in [0.2, 0.25) is 0 Å². The molecule has 0 amide bonds. The van der Waals surface area contributed by atoms with Crippen LogP contribution in [0.4, 0.5) is 0 Å². The van der Waals surface area contributed by atoms with E-state index in [1.54, 1.807) is 0 Å². The average Bonchev–Trinajstić information content (AvgIpc) is 3.01. The Morgan fingerprint density at radius 1 is 1.18 bits per heavy atom. The van der Waals surface area contributed by atoms with Gasteiger partial charge in [-0.1, -0.05) is 0 Å². The zero-order valence-corrected chi connectivity index (χ0v) is 12.0. The number of nitrogens with one attached hydrogen (secondary N) is 1. The third kappa shape index (κ3) is 3.94. The summed E-state index contributed by atoms with van der Waals surface area (Å²) in [6.07, 6.45) is 5.53. The van der Waals surface area contributed by atoms with Crippen LogP contribution < -0.4 is 5.32 Å². The molecule has 17 heavy (non-hydrogen) atoms. The Labute approximate surface area is 107 Å². The van der Waals surface area contributed by atoms with Crippen molar-refractivity contribution in [3.05, 3.63) is 0 Å². The molecule has 1 saturated carbocycles. The molecule has 2 rings (SSSR count). The standard InChI is InChI=1S/C14H29N3/c1-14(2,16(3)4)11-17-9-5-6-13(10-17)15-12-7-8-12/h12-13,15H,5-11H2,1-4H3. The number of likely N-dealkylation sites (N-methyl/N-ethyl adjacent to an activating group) is 1. The molecule has 0 aromatic rings. The zero-order chi connectivity index (χ0) is 12.5. The van der Waals surface area contributed by atoms with Gasteiger partial charge in [-0.2, -0.15) is 0 Å². The molecular weight excluding hydrogens is 210 g/mol. The molecule has 100 valence electrons. The summed E-state index contributed by atoms with van der Waals surface area (Å²) in [5, 5.41) is 3.78. The predicted molar refractivity (Wildman–Crippen MR) is 73.4 cm³/mol. The average molecular weight is 239 g/mol. The second-order valence-electron chi connectivity index (χ2n) is 6.72. The summed E-state index contributed by atoms with van der Waals surface area (Å²) >= 11 is 0. The van der Waals surface area contributed by atoms with Crippen LogP contribution in [0, 0.1) is 0 Å². The van der Waals surface area contributed by atoms with Crippen LogP contribution in [0.15, 0.2) is 0 Å². The van der Waals surface area contributed by atoms with E-state index in [4.69, 9.17) is 0 Å². The molecule has 1 atom stereocenters. The summed E-state index contributed by atoms with van der Waals surface area (Å²) in [5.41, 5.74) is 0.279. The fourth-order valence-electron chi connectivity index (χ4n) is 2.61. The first-order chi connectivity index (χ1) is 7.97. The van der Waals surface area contributed by atoms with E-state index in [1.807, 2.05) is 0 Å². The molecule has 1 N–H and O–H groups in total. The van der Waals surface area contributed by atoms with E-state index in [-0.39, 0.29) is 5.54 Å². The van der Waals surface area contributed by atoms with Gasteiger partial charge in [0.2, 0.25) is 0 Å². The summed E-state index contributed by atoms with van der Waals surface area (Å²) < 4.78 is 0. The lowest BCUT2D eigenvalue weighted by molar-refractivity contribution is 0.0941. The number of piperidine rings is 1. The zero-order valence-electron chi connectivity index (χ0n) is 12.0. The lowest BCUT2D eigenvalue weighted by Gasteiger charge is -2.41. The molecule has 2 aliphatic rings. The van der Waals surface area contributed by atoms with Gasteiger partial charge >= 0.3 is 0 Å². The molecule has 3 heteroatoms. The molecule has 2 fully saturated rings. The Hall–Kier alpha value is -0.120. The van der Waals surface area contributed by atoms with Crippen LogP contribution in [0.25, 0.3) is 0 Å². The van der Waals surface area contributed by atoms with Crippen LogP contribution in [0.3, 0.4) is 0 Å². The van der Waals surface area contributed by atoms with Crippen molar-refractivity contribution in [2.75, 3.05) is 33.7 Å². The fraction of sp³-hybridized carbons (Fsp3) is 1.00. The maximum Gasteiger partial charge on any atom is 0.0274 e. The van der Waals surface area contributed by atoms with Crippen LogP contribution in [0.1, 0.15) is 39.5 Å². The Morgan fingerprint density at radius 2 is 1.88 bits per heavy atom.